The largest absolute Gasteiger partial charge is 0.497 e. The van der Waals surface area contributed by atoms with E-state index in [-0.39, 0.29) is 5.91 Å². The highest BCUT2D eigenvalue weighted by Gasteiger charge is 2.42. The Morgan fingerprint density at radius 1 is 1.19 bits per heavy atom. The maximum absolute atomic E-state index is 12.8. The van der Waals surface area contributed by atoms with Gasteiger partial charge in [-0.2, -0.15) is 0 Å². The van der Waals surface area contributed by atoms with Crippen LogP contribution >= 0.6 is 0 Å². The number of aromatic nitrogens is 2. The highest BCUT2D eigenvalue weighted by atomic mass is 16.5. The summed E-state index contributed by atoms with van der Waals surface area (Å²) >= 11 is 0. The second kappa shape index (κ2) is 6.48. The van der Waals surface area contributed by atoms with Crippen molar-refractivity contribution in [3.63, 3.8) is 0 Å². The molecule has 1 unspecified atom stereocenters. The Balaban J connectivity index is 1.70. The first-order valence-electron chi connectivity index (χ1n) is 8.99. The van der Waals surface area contributed by atoms with Crippen LogP contribution in [0.1, 0.15) is 37.6 Å². The fourth-order valence-electron chi connectivity index (χ4n) is 3.76. The van der Waals surface area contributed by atoms with Crippen molar-refractivity contribution in [3.05, 3.63) is 59.9 Å². The van der Waals surface area contributed by atoms with Gasteiger partial charge < -0.3 is 14.6 Å². The molecule has 1 N–H and O–H groups in total. The summed E-state index contributed by atoms with van der Waals surface area (Å²) < 4.78 is 5.23. The molecule has 4 rings (SSSR count). The van der Waals surface area contributed by atoms with E-state index in [4.69, 9.17) is 9.72 Å². The summed E-state index contributed by atoms with van der Waals surface area (Å²) in [5.74, 6) is 1.86. The summed E-state index contributed by atoms with van der Waals surface area (Å²) in [4.78, 5) is 23.0. The van der Waals surface area contributed by atoms with Gasteiger partial charge in [-0.15, -0.1) is 0 Å². The second-order valence-electron chi connectivity index (χ2n) is 7.06. The van der Waals surface area contributed by atoms with Crippen molar-refractivity contribution in [2.75, 3.05) is 7.11 Å². The molecular weight excluding hydrogens is 326 g/mol. The number of nitrogens with zero attached hydrogens (tertiary/aromatic N) is 2. The molecule has 1 fully saturated rings. The van der Waals surface area contributed by atoms with Gasteiger partial charge in [0, 0.05) is 13.0 Å². The molecule has 3 aromatic rings. The number of benzene rings is 2. The molecule has 1 saturated heterocycles. The van der Waals surface area contributed by atoms with Crippen LogP contribution in [0.2, 0.25) is 0 Å². The number of imidazole rings is 1. The molecule has 26 heavy (non-hydrogen) atoms. The van der Waals surface area contributed by atoms with Gasteiger partial charge >= 0.3 is 0 Å². The summed E-state index contributed by atoms with van der Waals surface area (Å²) in [5.41, 5.74) is 2.59. The summed E-state index contributed by atoms with van der Waals surface area (Å²) in [5, 5.41) is 0. The molecule has 2 heterocycles. The maximum atomic E-state index is 12.8. The average molecular weight is 349 g/mol. The van der Waals surface area contributed by atoms with Crippen molar-refractivity contribution < 1.29 is 9.53 Å². The van der Waals surface area contributed by atoms with Gasteiger partial charge in [0.1, 0.15) is 11.6 Å². The van der Waals surface area contributed by atoms with Crippen LogP contribution < -0.4 is 4.74 Å². The van der Waals surface area contributed by atoms with Crippen molar-refractivity contribution in [1.29, 1.82) is 0 Å². The van der Waals surface area contributed by atoms with Gasteiger partial charge in [0.05, 0.1) is 23.7 Å². The number of aromatic amines is 1. The Kier molecular flexibility index (Phi) is 4.15. The van der Waals surface area contributed by atoms with E-state index in [1.54, 1.807) is 7.11 Å². The van der Waals surface area contributed by atoms with E-state index < -0.39 is 5.54 Å². The number of carbonyl (C=O) groups is 1. The van der Waals surface area contributed by atoms with Gasteiger partial charge in [0.2, 0.25) is 5.91 Å². The number of H-pyrrole nitrogens is 1. The minimum atomic E-state index is -0.436. The van der Waals surface area contributed by atoms with Gasteiger partial charge in [0.15, 0.2) is 0 Å². The third-order valence-corrected chi connectivity index (χ3v) is 5.35. The lowest BCUT2D eigenvalue weighted by Gasteiger charge is -2.43. The highest BCUT2D eigenvalue weighted by Crippen LogP contribution is 2.38. The minimum Gasteiger partial charge on any atom is -0.497 e. The first-order valence-corrected chi connectivity index (χ1v) is 8.99. The van der Waals surface area contributed by atoms with Gasteiger partial charge in [-0.1, -0.05) is 24.3 Å². The van der Waals surface area contributed by atoms with E-state index >= 15 is 0 Å². The number of fused-ring (bicyclic) bond motifs is 1. The van der Waals surface area contributed by atoms with Crippen LogP contribution in [0.3, 0.4) is 0 Å². The molecule has 0 radical (unpaired) electrons. The molecule has 0 bridgehead atoms. The fraction of sp³-hybridized carbons (Fsp3) is 0.333. The van der Waals surface area contributed by atoms with Crippen LogP contribution in [0.25, 0.3) is 11.0 Å². The number of hydrogen-bond donors (Lipinski definition) is 1. The molecule has 2 aromatic carbocycles. The zero-order chi connectivity index (χ0) is 18.1. The number of rotatable bonds is 4. The molecule has 0 saturated carbocycles. The third kappa shape index (κ3) is 2.83. The zero-order valence-electron chi connectivity index (χ0n) is 15.2. The van der Waals surface area contributed by atoms with E-state index in [1.807, 2.05) is 53.4 Å². The smallest absolute Gasteiger partial charge is 0.223 e. The molecule has 5 heteroatoms. The quantitative estimate of drug-likeness (QED) is 0.774. The number of ether oxygens (including phenoxy) is 1. The summed E-state index contributed by atoms with van der Waals surface area (Å²) in [6.07, 6.45) is 2.37. The Morgan fingerprint density at radius 2 is 1.96 bits per heavy atom. The van der Waals surface area contributed by atoms with Crippen molar-refractivity contribution >= 4 is 16.9 Å². The predicted octanol–water partition coefficient (Wildman–Crippen LogP) is 4.00. The summed E-state index contributed by atoms with van der Waals surface area (Å²) in [6.45, 7) is 2.68. The monoisotopic (exact) mass is 349 g/mol. The van der Waals surface area contributed by atoms with E-state index in [0.717, 1.165) is 41.0 Å². The number of para-hydroxylation sites is 2. The van der Waals surface area contributed by atoms with Crippen LogP contribution in [0.15, 0.2) is 48.5 Å². The maximum Gasteiger partial charge on any atom is 0.223 e. The topological polar surface area (TPSA) is 58.2 Å². The molecule has 1 aliphatic heterocycles. The number of hydrogen-bond acceptors (Lipinski definition) is 3. The van der Waals surface area contributed by atoms with E-state index in [9.17, 15) is 4.79 Å². The zero-order valence-corrected chi connectivity index (χ0v) is 15.2. The van der Waals surface area contributed by atoms with Crippen molar-refractivity contribution in [2.24, 2.45) is 0 Å². The Morgan fingerprint density at radius 3 is 2.69 bits per heavy atom. The standard InChI is InChI=1S/C21H23N3O2/c1-21(20-22-17-6-3-4-7-18(17)23-20)13-5-8-19(25)24(21)14-15-9-11-16(26-2)12-10-15/h3-4,6-7,9-12H,5,8,13-14H2,1-2H3,(H,22,23). The first kappa shape index (κ1) is 16.6. The highest BCUT2D eigenvalue weighted by molar-refractivity contribution is 5.79. The molecule has 1 amide bonds. The molecule has 5 nitrogen and oxygen atoms in total. The summed E-state index contributed by atoms with van der Waals surface area (Å²) in [6, 6.07) is 15.9. The predicted molar refractivity (Wildman–Crippen MR) is 101 cm³/mol. The van der Waals surface area contributed by atoms with Gasteiger partial charge in [-0.25, -0.2) is 4.98 Å². The molecule has 1 aromatic heterocycles. The average Bonchev–Trinajstić information content (AvgIpc) is 3.10. The first-order chi connectivity index (χ1) is 12.6. The normalized spacial score (nSPS) is 20.5. The van der Waals surface area contributed by atoms with E-state index in [0.29, 0.717) is 13.0 Å². The molecule has 134 valence electrons. The van der Waals surface area contributed by atoms with Gasteiger partial charge in [0.25, 0.3) is 0 Å². The lowest BCUT2D eigenvalue weighted by Crippen LogP contribution is -2.50. The molecule has 1 atom stereocenters. The molecule has 0 aliphatic carbocycles. The van der Waals surface area contributed by atoms with Crippen molar-refractivity contribution in [2.45, 2.75) is 38.3 Å². The number of amides is 1. The fourth-order valence-corrected chi connectivity index (χ4v) is 3.76. The van der Waals surface area contributed by atoms with Crippen LogP contribution in [-0.4, -0.2) is 27.9 Å². The van der Waals surface area contributed by atoms with Crippen LogP contribution in [0, 0.1) is 0 Å². The van der Waals surface area contributed by atoms with E-state index in [1.165, 1.54) is 0 Å². The van der Waals surface area contributed by atoms with Gasteiger partial charge in [-0.3, -0.25) is 4.79 Å². The number of methoxy groups -OCH3 is 1. The number of nitrogens with one attached hydrogen (secondary N) is 1. The Hall–Kier alpha value is -2.82. The van der Waals surface area contributed by atoms with Crippen LogP contribution in [0.5, 0.6) is 5.75 Å². The number of likely N-dealkylation sites (tertiary alicyclic amines) is 1. The molecule has 1 aliphatic rings. The minimum absolute atomic E-state index is 0.176. The SMILES string of the molecule is COc1ccc(CN2C(=O)CCCC2(C)c2nc3ccccc3[nH]2)cc1. The number of piperidine rings is 1. The van der Waals surface area contributed by atoms with Crippen molar-refractivity contribution in [1.82, 2.24) is 14.9 Å². The lowest BCUT2D eigenvalue weighted by atomic mass is 9.86. The lowest BCUT2D eigenvalue weighted by molar-refractivity contribution is -0.143. The third-order valence-electron chi connectivity index (χ3n) is 5.35. The summed E-state index contributed by atoms with van der Waals surface area (Å²) in [7, 11) is 1.65. The molecule has 0 spiro atoms. The van der Waals surface area contributed by atoms with E-state index in [2.05, 4.69) is 11.9 Å². The van der Waals surface area contributed by atoms with Crippen molar-refractivity contribution in [3.8, 4) is 5.75 Å². The van der Waals surface area contributed by atoms with Crippen LogP contribution in [-0.2, 0) is 16.9 Å². The van der Waals surface area contributed by atoms with Gasteiger partial charge in [-0.05, 0) is 49.6 Å². The number of carbonyl (C=O) groups excluding carboxylic acids is 1. The Bertz CT molecular complexity index is 899. The Labute approximate surface area is 153 Å². The molecular formula is C21H23N3O2. The van der Waals surface area contributed by atoms with Crippen LogP contribution in [0.4, 0.5) is 0 Å². The second-order valence-corrected chi connectivity index (χ2v) is 7.06.